The van der Waals surface area contributed by atoms with Crippen LogP contribution in [0.25, 0.3) is 0 Å². The van der Waals surface area contributed by atoms with E-state index in [4.69, 9.17) is 4.18 Å². The number of likely N-dealkylation sites (N-methyl/N-ethyl adjacent to an activating group) is 1. The maximum atomic E-state index is 12.4. The van der Waals surface area contributed by atoms with Gasteiger partial charge >= 0.3 is 0 Å². The van der Waals surface area contributed by atoms with Gasteiger partial charge < -0.3 is 9.08 Å². The molecular weight excluding hydrogens is 351 g/mol. The van der Waals surface area contributed by atoms with Crippen molar-refractivity contribution in [2.24, 2.45) is 0 Å². The number of nitro benzene ring substituents is 1. The molecule has 1 aromatic rings. The van der Waals surface area contributed by atoms with Crippen LogP contribution in [-0.2, 0) is 0 Å². The molecule has 0 fully saturated rings. The Labute approximate surface area is 129 Å². The van der Waals surface area contributed by atoms with Crippen LogP contribution in [-0.4, -0.2) is 18.5 Å². The van der Waals surface area contributed by atoms with Gasteiger partial charge in [-0.05, 0) is 35.3 Å². The summed E-state index contributed by atoms with van der Waals surface area (Å²) in [5, 5.41) is 11.4. The molecule has 0 amide bonds. The summed E-state index contributed by atoms with van der Waals surface area (Å²) in [6.07, 6.45) is 1.65. The van der Waals surface area contributed by atoms with E-state index in [9.17, 15) is 14.0 Å². The fourth-order valence-corrected chi connectivity index (χ4v) is 2.95. The normalized spacial score (nSPS) is 10.2. The minimum Gasteiger partial charge on any atom is -0.395 e. The Balaban J connectivity index is 3.66. The minimum atomic E-state index is -0.487. The number of anilines is 1. The summed E-state index contributed by atoms with van der Waals surface area (Å²) in [6.45, 7) is 7.31. The largest absolute Gasteiger partial charge is 0.395 e. The summed E-state index contributed by atoms with van der Waals surface area (Å²) < 4.78 is 17.7. The number of benzene rings is 1. The summed E-state index contributed by atoms with van der Waals surface area (Å²) in [7, 11) is 1.73. The quantitative estimate of drug-likeness (QED) is 0.321. The van der Waals surface area contributed by atoms with Crippen LogP contribution in [0.4, 0.5) is 15.3 Å². The standard InChI is InChI=1S/C12H14BrFN2O3S/c1-5-6-15(4)10-7(2)9(13)12(19-20-14)8(3)11(10)16(17)18/h5H,1,6H2,2-4H3. The number of halogens is 2. The monoisotopic (exact) mass is 364 g/mol. The van der Waals surface area contributed by atoms with Crippen LogP contribution < -0.4 is 9.08 Å². The fourth-order valence-electron chi connectivity index (χ4n) is 2.01. The Morgan fingerprint density at radius 3 is 2.60 bits per heavy atom. The predicted octanol–water partition coefficient (Wildman–Crippen LogP) is 4.51. The molecule has 0 aliphatic rings. The highest BCUT2D eigenvalue weighted by molar-refractivity contribution is 9.10. The topological polar surface area (TPSA) is 55.6 Å². The molecule has 0 aliphatic carbocycles. The van der Waals surface area contributed by atoms with E-state index in [1.54, 1.807) is 24.9 Å². The van der Waals surface area contributed by atoms with Crippen molar-refractivity contribution in [3.63, 3.8) is 0 Å². The number of rotatable bonds is 6. The molecule has 0 heterocycles. The minimum absolute atomic E-state index is 0.0981. The summed E-state index contributed by atoms with van der Waals surface area (Å²) >= 11 is 2.96. The lowest BCUT2D eigenvalue weighted by atomic mass is 10.1. The van der Waals surface area contributed by atoms with Crippen LogP contribution in [0.2, 0.25) is 0 Å². The zero-order valence-electron chi connectivity index (χ0n) is 11.3. The maximum absolute atomic E-state index is 12.4. The number of hydrogen-bond donors (Lipinski definition) is 0. The lowest BCUT2D eigenvalue weighted by molar-refractivity contribution is -0.384. The first-order valence-corrected chi connectivity index (χ1v) is 7.04. The summed E-state index contributed by atoms with van der Waals surface area (Å²) in [5.41, 5.74) is 1.23. The van der Waals surface area contributed by atoms with Gasteiger partial charge in [-0.15, -0.1) is 10.5 Å². The highest BCUT2D eigenvalue weighted by Crippen LogP contribution is 2.46. The van der Waals surface area contributed by atoms with E-state index in [1.807, 2.05) is 0 Å². The van der Waals surface area contributed by atoms with Gasteiger partial charge in [0.2, 0.25) is 0 Å². The third-order valence-corrected chi connectivity index (χ3v) is 4.07. The van der Waals surface area contributed by atoms with E-state index in [0.29, 0.717) is 22.3 Å². The van der Waals surface area contributed by atoms with E-state index >= 15 is 0 Å². The second-order valence-corrected chi connectivity index (χ2v) is 5.25. The molecule has 0 saturated heterocycles. The van der Waals surface area contributed by atoms with Crippen molar-refractivity contribution in [1.82, 2.24) is 0 Å². The van der Waals surface area contributed by atoms with Gasteiger partial charge in [0.25, 0.3) is 18.1 Å². The van der Waals surface area contributed by atoms with Crippen LogP contribution in [0.15, 0.2) is 17.1 Å². The van der Waals surface area contributed by atoms with Gasteiger partial charge in [0.05, 0.1) is 15.0 Å². The molecule has 0 saturated carbocycles. The van der Waals surface area contributed by atoms with Crippen LogP contribution in [0.1, 0.15) is 11.1 Å². The Morgan fingerprint density at radius 1 is 1.55 bits per heavy atom. The molecule has 8 heteroatoms. The van der Waals surface area contributed by atoms with Gasteiger partial charge in [-0.2, -0.15) is 0 Å². The van der Waals surface area contributed by atoms with Crippen molar-refractivity contribution in [3.05, 3.63) is 38.4 Å². The maximum Gasteiger partial charge on any atom is 0.299 e. The van der Waals surface area contributed by atoms with Gasteiger partial charge in [0.1, 0.15) is 5.69 Å². The predicted molar refractivity (Wildman–Crippen MR) is 83.1 cm³/mol. The van der Waals surface area contributed by atoms with Gasteiger partial charge in [0.15, 0.2) is 5.75 Å². The van der Waals surface area contributed by atoms with Gasteiger partial charge in [-0.3, -0.25) is 10.1 Å². The average Bonchev–Trinajstić information content (AvgIpc) is 2.38. The zero-order valence-corrected chi connectivity index (χ0v) is 13.7. The lowest BCUT2D eigenvalue weighted by Crippen LogP contribution is -2.20. The molecule has 1 rings (SSSR count). The van der Waals surface area contributed by atoms with Gasteiger partial charge in [-0.1, -0.05) is 6.08 Å². The Bertz CT molecular complexity index is 554. The van der Waals surface area contributed by atoms with Crippen molar-refractivity contribution in [2.45, 2.75) is 13.8 Å². The summed E-state index contributed by atoms with van der Waals surface area (Å²) in [6, 6.07) is 0. The van der Waals surface area contributed by atoms with Crippen LogP contribution in [0, 0.1) is 24.0 Å². The molecule has 20 heavy (non-hydrogen) atoms. The third kappa shape index (κ3) is 3.06. The second kappa shape index (κ2) is 6.94. The Morgan fingerprint density at radius 2 is 2.15 bits per heavy atom. The molecule has 110 valence electrons. The molecule has 0 aromatic heterocycles. The molecule has 1 aromatic carbocycles. The number of hydrogen-bond acceptors (Lipinski definition) is 5. The lowest BCUT2D eigenvalue weighted by Gasteiger charge is -2.22. The Hall–Kier alpha value is -1.28. The first-order valence-electron chi connectivity index (χ1n) is 5.61. The summed E-state index contributed by atoms with van der Waals surface area (Å²) in [5.74, 6) is 0.123. The van der Waals surface area contributed by atoms with Gasteiger partial charge in [-0.25, -0.2) is 0 Å². The van der Waals surface area contributed by atoms with Crippen LogP contribution >= 0.6 is 28.4 Å². The van der Waals surface area contributed by atoms with E-state index in [1.165, 1.54) is 6.92 Å². The SMILES string of the molecule is C=CCN(C)c1c(C)c(Br)c(OSF)c(C)c1[N+](=O)[O-]. The van der Waals surface area contributed by atoms with E-state index in [-0.39, 0.29) is 29.4 Å². The Kier molecular flexibility index (Phi) is 5.82. The molecule has 0 spiro atoms. The smallest absolute Gasteiger partial charge is 0.299 e. The van der Waals surface area contributed by atoms with Crippen molar-refractivity contribution in [1.29, 1.82) is 0 Å². The highest BCUT2D eigenvalue weighted by Gasteiger charge is 2.29. The molecule has 0 unspecified atom stereocenters. The molecule has 0 aliphatic heterocycles. The van der Waals surface area contributed by atoms with Crippen molar-refractivity contribution in [2.75, 3.05) is 18.5 Å². The number of nitrogens with zero attached hydrogens (tertiary/aromatic N) is 2. The molecule has 5 nitrogen and oxygen atoms in total. The number of nitro groups is 1. The van der Waals surface area contributed by atoms with Crippen molar-refractivity contribution < 1.29 is 13.0 Å². The molecule has 0 atom stereocenters. The third-order valence-electron chi connectivity index (χ3n) is 2.89. The fraction of sp³-hybridized carbons (Fsp3) is 0.333. The van der Waals surface area contributed by atoms with E-state index in [2.05, 4.69) is 22.5 Å². The first-order chi connectivity index (χ1) is 9.36. The van der Waals surface area contributed by atoms with E-state index in [0.717, 1.165) is 0 Å². The molecule has 0 bridgehead atoms. The average molecular weight is 365 g/mol. The molecule has 0 radical (unpaired) electrons. The molecular formula is C12H14BrFN2O3S. The zero-order chi connectivity index (χ0) is 15.4. The van der Waals surface area contributed by atoms with Crippen LogP contribution in [0.5, 0.6) is 5.75 Å². The van der Waals surface area contributed by atoms with Crippen LogP contribution in [0.3, 0.4) is 0 Å². The summed E-state index contributed by atoms with van der Waals surface area (Å²) in [4.78, 5) is 12.6. The van der Waals surface area contributed by atoms with E-state index < -0.39 is 4.92 Å². The first kappa shape index (κ1) is 16.8. The second-order valence-electron chi connectivity index (χ2n) is 4.16. The molecule has 0 N–H and O–H groups in total. The van der Waals surface area contributed by atoms with Crippen molar-refractivity contribution in [3.8, 4) is 5.75 Å². The van der Waals surface area contributed by atoms with Crippen molar-refractivity contribution >= 4 is 39.7 Å². The van der Waals surface area contributed by atoms with Gasteiger partial charge in [0, 0.05) is 13.6 Å². The highest BCUT2D eigenvalue weighted by atomic mass is 79.9.